The summed E-state index contributed by atoms with van der Waals surface area (Å²) in [5.74, 6) is -0.480. The number of aliphatic carboxylic acids is 1. The molecule has 0 unspecified atom stereocenters. The van der Waals surface area contributed by atoms with E-state index in [-0.39, 0.29) is 12.5 Å². The Labute approximate surface area is 182 Å². The Kier molecular flexibility index (Phi) is 13.8. The normalized spacial score (nSPS) is 12.8. The molecule has 0 fully saturated rings. The van der Waals surface area contributed by atoms with Crippen LogP contribution in [0.25, 0.3) is 6.08 Å². The van der Waals surface area contributed by atoms with Gasteiger partial charge < -0.3 is 16.6 Å². The highest BCUT2D eigenvalue weighted by Gasteiger charge is 2.07. The van der Waals surface area contributed by atoms with Gasteiger partial charge in [0.25, 0.3) is 0 Å². The van der Waals surface area contributed by atoms with Gasteiger partial charge in [-0.2, -0.15) is 0 Å². The molecule has 0 aromatic heterocycles. The largest absolute Gasteiger partial charge is 0.478 e. The zero-order valence-corrected chi connectivity index (χ0v) is 18.4. The van der Waals surface area contributed by atoms with E-state index in [4.69, 9.17) is 16.6 Å². The molecule has 30 heavy (non-hydrogen) atoms. The second-order valence-corrected chi connectivity index (χ2v) is 7.86. The quantitative estimate of drug-likeness (QED) is 0.144. The fraction of sp³-hybridized carbons (Fsp3) is 0.520. The van der Waals surface area contributed by atoms with Crippen molar-refractivity contribution < 1.29 is 9.90 Å². The zero-order valence-electron chi connectivity index (χ0n) is 18.4. The molecule has 5 N–H and O–H groups in total. The summed E-state index contributed by atoms with van der Waals surface area (Å²) in [7, 11) is 0. The number of rotatable bonds is 16. The van der Waals surface area contributed by atoms with Crippen LogP contribution < -0.4 is 11.5 Å². The van der Waals surface area contributed by atoms with Gasteiger partial charge in [0.2, 0.25) is 0 Å². The van der Waals surface area contributed by atoms with Crippen molar-refractivity contribution in [3.05, 3.63) is 53.6 Å². The molecule has 166 valence electrons. The molecule has 0 aliphatic heterocycles. The number of benzene rings is 1. The standard InChI is InChI=1S/C25H39N3O2/c1-2-3-4-5-6-8-12-22(18-17-21-13-9-7-10-14-21)15-11-16-23(19-24(29)30)20-28-25(26)27/h7,9-10,13-14,17-19,22H,2-6,8,11-12,15-16,20H2,1H3,(H,29,30)(H4,26,27,28)/t22-/m0/s1. The minimum Gasteiger partial charge on any atom is -0.478 e. The summed E-state index contributed by atoms with van der Waals surface area (Å²) in [6.07, 6.45) is 17.3. The number of unbranched alkanes of at least 4 members (excludes halogenated alkanes) is 5. The molecule has 0 aliphatic carbocycles. The lowest BCUT2D eigenvalue weighted by Crippen LogP contribution is -2.23. The van der Waals surface area contributed by atoms with Gasteiger partial charge in [0, 0.05) is 6.08 Å². The van der Waals surface area contributed by atoms with Crippen molar-refractivity contribution in [1.29, 1.82) is 0 Å². The van der Waals surface area contributed by atoms with E-state index in [1.807, 2.05) is 6.07 Å². The molecule has 0 saturated carbocycles. The number of guanidine groups is 1. The third-order valence-electron chi connectivity index (χ3n) is 5.15. The van der Waals surface area contributed by atoms with Crippen LogP contribution in [0.2, 0.25) is 0 Å². The predicted molar refractivity (Wildman–Crippen MR) is 127 cm³/mol. The van der Waals surface area contributed by atoms with Crippen LogP contribution in [0.5, 0.6) is 0 Å². The minimum absolute atomic E-state index is 0.0157. The Morgan fingerprint density at radius 1 is 1.03 bits per heavy atom. The lowest BCUT2D eigenvalue weighted by atomic mass is 9.92. The van der Waals surface area contributed by atoms with Gasteiger partial charge in [0.05, 0.1) is 6.54 Å². The second-order valence-electron chi connectivity index (χ2n) is 7.86. The molecule has 0 bridgehead atoms. The van der Waals surface area contributed by atoms with E-state index in [0.29, 0.717) is 12.3 Å². The van der Waals surface area contributed by atoms with Gasteiger partial charge in [0.15, 0.2) is 5.96 Å². The highest BCUT2D eigenvalue weighted by molar-refractivity contribution is 5.81. The Bertz CT molecular complexity index is 677. The van der Waals surface area contributed by atoms with Crippen LogP contribution in [0.1, 0.15) is 76.7 Å². The first-order valence-electron chi connectivity index (χ1n) is 11.2. The van der Waals surface area contributed by atoms with Crippen LogP contribution in [0.15, 0.2) is 53.0 Å². The zero-order chi connectivity index (χ0) is 22.0. The summed E-state index contributed by atoms with van der Waals surface area (Å²) in [4.78, 5) is 15.0. The van der Waals surface area contributed by atoms with Crippen molar-refractivity contribution in [3.63, 3.8) is 0 Å². The molecule has 5 heteroatoms. The lowest BCUT2D eigenvalue weighted by Gasteiger charge is -2.14. The van der Waals surface area contributed by atoms with Crippen molar-refractivity contribution in [1.82, 2.24) is 0 Å². The summed E-state index contributed by atoms with van der Waals surface area (Å²) in [5, 5.41) is 9.07. The van der Waals surface area contributed by atoms with Gasteiger partial charge in [-0.25, -0.2) is 9.79 Å². The van der Waals surface area contributed by atoms with Crippen molar-refractivity contribution in [2.75, 3.05) is 6.54 Å². The van der Waals surface area contributed by atoms with Gasteiger partial charge >= 0.3 is 5.97 Å². The molecule has 0 heterocycles. The molecule has 1 atom stereocenters. The SMILES string of the molecule is CCCCCCCC[C@H](C=Cc1ccccc1)CCCC(=CC(=O)O)CN=C(N)N. The number of hydrogen-bond acceptors (Lipinski definition) is 2. The van der Waals surface area contributed by atoms with Gasteiger partial charge in [-0.1, -0.05) is 87.9 Å². The van der Waals surface area contributed by atoms with E-state index in [1.54, 1.807) is 0 Å². The monoisotopic (exact) mass is 413 g/mol. The maximum atomic E-state index is 11.1. The number of allylic oxidation sites excluding steroid dienone is 1. The van der Waals surface area contributed by atoms with Gasteiger partial charge in [0.1, 0.15) is 0 Å². The Morgan fingerprint density at radius 2 is 1.70 bits per heavy atom. The van der Waals surface area contributed by atoms with Crippen LogP contribution in [0.3, 0.4) is 0 Å². The number of carboxylic acids is 1. The number of nitrogens with two attached hydrogens (primary N) is 2. The summed E-state index contributed by atoms with van der Waals surface area (Å²) in [6.45, 7) is 2.49. The Hall–Kier alpha value is -2.56. The number of nitrogens with zero attached hydrogens (tertiary/aromatic N) is 1. The Balaban J connectivity index is 2.60. The molecule has 0 radical (unpaired) electrons. The average Bonchev–Trinajstić information content (AvgIpc) is 2.72. The van der Waals surface area contributed by atoms with Crippen molar-refractivity contribution in [2.45, 2.75) is 71.1 Å². The van der Waals surface area contributed by atoms with Gasteiger partial charge in [-0.3, -0.25) is 0 Å². The molecule has 1 aromatic carbocycles. The number of carbonyl (C=O) groups is 1. The molecule has 5 nitrogen and oxygen atoms in total. The highest BCUT2D eigenvalue weighted by atomic mass is 16.4. The smallest absolute Gasteiger partial charge is 0.328 e. The fourth-order valence-corrected chi connectivity index (χ4v) is 3.49. The average molecular weight is 414 g/mol. The third kappa shape index (κ3) is 13.6. The van der Waals surface area contributed by atoms with Crippen LogP contribution >= 0.6 is 0 Å². The summed E-state index contributed by atoms with van der Waals surface area (Å²) in [6, 6.07) is 10.4. The van der Waals surface area contributed by atoms with Crippen LogP contribution in [0, 0.1) is 5.92 Å². The van der Waals surface area contributed by atoms with Crippen molar-refractivity contribution >= 4 is 18.0 Å². The topological polar surface area (TPSA) is 102 Å². The molecular formula is C25H39N3O2. The van der Waals surface area contributed by atoms with Gasteiger partial charge in [-0.05, 0) is 42.7 Å². The molecule has 0 amide bonds. The summed E-state index contributed by atoms with van der Waals surface area (Å²) in [5.41, 5.74) is 12.7. The molecule has 0 saturated heterocycles. The first-order valence-corrected chi connectivity index (χ1v) is 11.2. The summed E-state index contributed by atoms with van der Waals surface area (Å²) < 4.78 is 0. The second kappa shape index (κ2) is 16.3. The lowest BCUT2D eigenvalue weighted by molar-refractivity contribution is -0.131. The van der Waals surface area contributed by atoms with E-state index < -0.39 is 5.97 Å². The van der Waals surface area contributed by atoms with E-state index >= 15 is 0 Å². The first kappa shape index (κ1) is 25.5. The van der Waals surface area contributed by atoms with Crippen molar-refractivity contribution in [2.24, 2.45) is 22.4 Å². The van der Waals surface area contributed by atoms with Gasteiger partial charge in [-0.15, -0.1) is 0 Å². The summed E-state index contributed by atoms with van der Waals surface area (Å²) >= 11 is 0. The molecule has 1 aromatic rings. The molecule has 0 aliphatic rings. The number of aliphatic imine (C=N–C) groups is 1. The minimum atomic E-state index is -0.955. The maximum Gasteiger partial charge on any atom is 0.328 e. The molecular weight excluding hydrogens is 374 g/mol. The number of carboxylic acid groups (broad SMARTS) is 1. The molecule has 1 rings (SSSR count). The van der Waals surface area contributed by atoms with Crippen LogP contribution in [-0.4, -0.2) is 23.6 Å². The molecule has 0 spiro atoms. The highest BCUT2D eigenvalue weighted by Crippen LogP contribution is 2.22. The predicted octanol–water partition coefficient (Wildman–Crippen LogP) is 5.52. The van der Waals surface area contributed by atoms with E-state index in [9.17, 15) is 4.79 Å². The first-order chi connectivity index (χ1) is 14.5. The van der Waals surface area contributed by atoms with Crippen molar-refractivity contribution in [3.8, 4) is 0 Å². The van der Waals surface area contributed by atoms with Crippen LogP contribution in [-0.2, 0) is 4.79 Å². The number of hydrogen-bond donors (Lipinski definition) is 3. The van der Waals surface area contributed by atoms with E-state index in [2.05, 4.69) is 48.3 Å². The van der Waals surface area contributed by atoms with E-state index in [0.717, 1.165) is 18.4 Å². The van der Waals surface area contributed by atoms with E-state index in [1.165, 1.54) is 56.6 Å². The maximum absolute atomic E-state index is 11.1. The third-order valence-corrected chi connectivity index (χ3v) is 5.15. The fourth-order valence-electron chi connectivity index (χ4n) is 3.49. The Morgan fingerprint density at radius 3 is 2.37 bits per heavy atom. The van der Waals surface area contributed by atoms with Crippen LogP contribution in [0.4, 0.5) is 0 Å².